The van der Waals surface area contributed by atoms with Crippen molar-refractivity contribution in [3.05, 3.63) is 60.2 Å². The molecule has 1 atom stereocenters. The standard InChI is InChI=1S/C19H21NO4S2/c21-19(22)16-7-4-12-20(13-16)26(23,24)18-10-8-17(9-11-18)25-14-15-5-2-1-3-6-15/h1-3,5-6,8-11,16H,4,7,12-14H2,(H,21,22)/t16-/m1/s1. The van der Waals surface area contributed by atoms with Gasteiger partial charge in [-0.15, -0.1) is 11.8 Å². The van der Waals surface area contributed by atoms with Gasteiger partial charge in [-0.2, -0.15) is 4.31 Å². The summed E-state index contributed by atoms with van der Waals surface area (Å²) in [6.07, 6.45) is 1.09. The predicted octanol–water partition coefficient (Wildman–Crippen LogP) is 3.46. The molecule has 26 heavy (non-hydrogen) atoms. The lowest BCUT2D eigenvalue weighted by molar-refractivity contribution is -0.142. The third kappa shape index (κ3) is 4.47. The summed E-state index contributed by atoms with van der Waals surface area (Å²) in [6, 6.07) is 16.9. The molecule has 7 heteroatoms. The van der Waals surface area contributed by atoms with Gasteiger partial charge < -0.3 is 5.11 Å². The fraction of sp³-hybridized carbons (Fsp3) is 0.316. The summed E-state index contributed by atoms with van der Waals surface area (Å²) < 4.78 is 26.8. The molecule has 0 saturated carbocycles. The summed E-state index contributed by atoms with van der Waals surface area (Å²) in [5, 5.41) is 9.16. The molecule has 0 radical (unpaired) electrons. The van der Waals surface area contributed by atoms with Crippen molar-refractivity contribution in [2.24, 2.45) is 5.92 Å². The van der Waals surface area contributed by atoms with Crippen LogP contribution in [0.25, 0.3) is 0 Å². The van der Waals surface area contributed by atoms with Gasteiger partial charge in [0.2, 0.25) is 10.0 Å². The summed E-state index contributed by atoms with van der Waals surface area (Å²) in [6.45, 7) is 0.415. The average molecular weight is 392 g/mol. The molecule has 2 aromatic carbocycles. The fourth-order valence-electron chi connectivity index (χ4n) is 2.96. The van der Waals surface area contributed by atoms with E-state index in [1.165, 1.54) is 9.87 Å². The van der Waals surface area contributed by atoms with Gasteiger partial charge in [0.05, 0.1) is 10.8 Å². The number of nitrogens with zero attached hydrogens (tertiary/aromatic N) is 1. The summed E-state index contributed by atoms with van der Waals surface area (Å²) in [5.41, 5.74) is 1.21. The van der Waals surface area contributed by atoms with E-state index in [4.69, 9.17) is 5.11 Å². The second-order valence-corrected chi connectivity index (χ2v) is 9.27. The molecule has 0 amide bonds. The van der Waals surface area contributed by atoms with Crippen molar-refractivity contribution in [3.63, 3.8) is 0 Å². The normalized spacial score (nSPS) is 18.5. The number of piperidine rings is 1. The maximum Gasteiger partial charge on any atom is 0.307 e. The molecule has 2 aromatic rings. The number of carbonyl (C=O) groups is 1. The Bertz CT molecular complexity index is 851. The van der Waals surface area contributed by atoms with Gasteiger partial charge in [0.15, 0.2) is 0 Å². The first-order valence-electron chi connectivity index (χ1n) is 8.46. The second kappa shape index (κ2) is 8.24. The van der Waals surface area contributed by atoms with E-state index in [9.17, 15) is 13.2 Å². The van der Waals surface area contributed by atoms with E-state index in [0.29, 0.717) is 19.4 Å². The molecule has 0 aliphatic carbocycles. The Balaban J connectivity index is 1.68. The van der Waals surface area contributed by atoms with Gasteiger partial charge in [0.1, 0.15) is 0 Å². The van der Waals surface area contributed by atoms with Crippen LogP contribution in [0.3, 0.4) is 0 Å². The molecule has 0 aromatic heterocycles. The number of hydrogen-bond donors (Lipinski definition) is 1. The number of aliphatic carboxylic acids is 1. The summed E-state index contributed by atoms with van der Waals surface area (Å²) in [5.74, 6) is -0.740. The zero-order valence-corrected chi connectivity index (χ0v) is 15.9. The molecular formula is C19H21NO4S2. The van der Waals surface area contributed by atoms with Crippen LogP contribution in [0.2, 0.25) is 0 Å². The first kappa shape index (κ1) is 18.9. The van der Waals surface area contributed by atoms with Crippen molar-refractivity contribution in [1.82, 2.24) is 4.31 Å². The molecule has 1 fully saturated rings. The molecular weight excluding hydrogens is 370 g/mol. The van der Waals surface area contributed by atoms with Crippen LogP contribution in [0.15, 0.2) is 64.4 Å². The van der Waals surface area contributed by atoms with Crippen LogP contribution in [-0.2, 0) is 20.6 Å². The highest BCUT2D eigenvalue weighted by Crippen LogP contribution is 2.27. The van der Waals surface area contributed by atoms with Gasteiger partial charge in [-0.25, -0.2) is 8.42 Å². The Morgan fingerprint density at radius 1 is 1.12 bits per heavy atom. The van der Waals surface area contributed by atoms with Crippen molar-refractivity contribution >= 4 is 27.8 Å². The Morgan fingerprint density at radius 3 is 2.46 bits per heavy atom. The van der Waals surface area contributed by atoms with Crippen molar-refractivity contribution in [3.8, 4) is 0 Å². The largest absolute Gasteiger partial charge is 0.481 e. The zero-order valence-electron chi connectivity index (χ0n) is 14.2. The van der Waals surface area contributed by atoms with Crippen LogP contribution in [0.1, 0.15) is 18.4 Å². The molecule has 0 bridgehead atoms. The van der Waals surface area contributed by atoms with E-state index in [2.05, 4.69) is 12.1 Å². The van der Waals surface area contributed by atoms with E-state index < -0.39 is 21.9 Å². The third-order valence-corrected chi connectivity index (χ3v) is 7.41. The maximum absolute atomic E-state index is 12.8. The number of carboxylic acids is 1. The van der Waals surface area contributed by atoms with Gasteiger partial charge in [0.25, 0.3) is 0 Å². The monoisotopic (exact) mass is 391 g/mol. The lowest BCUT2D eigenvalue weighted by Gasteiger charge is -2.29. The third-order valence-electron chi connectivity index (χ3n) is 4.44. The smallest absolute Gasteiger partial charge is 0.307 e. The van der Waals surface area contributed by atoms with E-state index in [-0.39, 0.29) is 11.4 Å². The van der Waals surface area contributed by atoms with Crippen molar-refractivity contribution < 1.29 is 18.3 Å². The Morgan fingerprint density at radius 2 is 1.81 bits per heavy atom. The Labute approximate surface area is 158 Å². The molecule has 1 saturated heterocycles. The minimum absolute atomic E-state index is 0.0438. The lowest BCUT2D eigenvalue weighted by atomic mass is 10.0. The lowest BCUT2D eigenvalue weighted by Crippen LogP contribution is -2.42. The van der Waals surface area contributed by atoms with Crippen molar-refractivity contribution in [2.75, 3.05) is 13.1 Å². The van der Waals surface area contributed by atoms with E-state index in [0.717, 1.165) is 10.6 Å². The first-order valence-corrected chi connectivity index (χ1v) is 10.9. The number of thioether (sulfide) groups is 1. The zero-order chi connectivity index (χ0) is 18.6. The SMILES string of the molecule is O=C(O)[C@@H]1CCCN(S(=O)(=O)c2ccc(SCc3ccccc3)cc2)C1. The van der Waals surface area contributed by atoms with E-state index >= 15 is 0 Å². The van der Waals surface area contributed by atoms with Crippen LogP contribution in [-0.4, -0.2) is 36.9 Å². The molecule has 0 spiro atoms. The van der Waals surface area contributed by atoms with Gasteiger partial charge in [0, 0.05) is 23.7 Å². The van der Waals surface area contributed by atoms with Gasteiger partial charge in [-0.05, 0) is 42.7 Å². The topological polar surface area (TPSA) is 74.7 Å². The van der Waals surface area contributed by atoms with Crippen molar-refractivity contribution in [1.29, 1.82) is 0 Å². The average Bonchev–Trinajstić information content (AvgIpc) is 2.67. The quantitative estimate of drug-likeness (QED) is 0.763. The highest BCUT2D eigenvalue weighted by molar-refractivity contribution is 7.98. The molecule has 0 unspecified atom stereocenters. The minimum Gasteiger partial charge on any atom is -0.481 e. The van der Waals surface area contributed by atoms with Crippen molar-refractivity contribution in [2.45, 2.75) is 28.4 Å². The van der Waals surface area contributed by atoms with Gasteiger partial charge >= 0.3 is 5.97 Å². The fourth-order valence-corrected chi connectivity index (χ4v) is 5.34. The molecule has 3 rings (SSSR count). The summed E-state index contributed by atoms with van der Waals surface area (Å²) in [7, 11) is -3.65. The van der Waals surface area contributed by atoms with E-state index in [1.807, 2.05) is 18.2 Å². The Kier molecular flexibility index (Phi) is 6.01. The van der Waals surface area contributed by atoms with Crippen LogP contribution in [0, 0.1) is 5.92 Å². The number of rotatable bonds is 6. The number of benzene rings is 2. The van der Waals surface area contributed by atoms with Crippen LogP contribution in [0.4, 0.5) is 0 Å². The predicted molar refractivity (Wildman–Crippen MR) is 102 cm³/mol. The molecule has 1 N–H and O–H groups in total. The van der Waals surface area contributed by atoms with Gasteiger partial charge in [-0.3, -0.25) is 4.79 Å². The highest BCUT2D eigenvalue weighted by atomic mass is 32.2. The molecule has 1 aliphatic rings. The summed E-state index contributed by atoms with van der Waals surface area (Å²) in [4.78, 5) is 12.4. The van der Waals surface area contributed by atoms with Crippen LogP contribution >= 0.6 is 11.8 Å². The van der Waals surface area contributed by atoms with E-state index in [1.54, 1.807) is 36.0 Å². The first-order chi connectivity index (χ1) is 12.5. The molecule has 1 heterocycles. The maximum atomic E-state index is 12.8. The molecule has 5 nitrogen and oxygen atoms in total. The molecule has 1 aliphatic heterocycles. The van der Waals surface area contributed by atoms with Gasteiger partial charge in [-0.1, -0.05) is 30.3 Å². The van der Waals surface area contributed by atoms with Crippen LogP contribution in [0.5, 0.6) is 0 Å². The summed E-state index contributed by atoms with van der Waals surface area (Å²) >= 11 is 1.65. The number of carboxylic acid groups (broad SMARTS) is 1. The molecule has 138 valence electrons. The number of sulfonamides is 1. The minimum atomic E-state index is -3.65. The number of hydrogen-bond acceptors (Lipinski definition) is 4. The van der Waals surface area contributed by atoms with Crippen LogP contribution < -0.4 is 0 Å². The Hall–Kier alpha value is -1.83. The second-order valence-electron chi connectivity index (χ2n) is 6.29. The highest BCUT2D eigenvalue weighted by Gasteiger charge is 2.33.